The topological polar surface area (TPSA) is 96.7 Å². The largest absolute Gasteiger partial charge is 0.476 e. The van der Waals surface area contributed by atoms with Crippen molar-refractivity contribution >= 4 is 38.2 Å². The summed E-state index contributed by atoms with van der Waals surface area (Å²) in [5.41, 5.74) is -2.05. The molecule has 2 heterocycles. The fourth-order valence-corrected chi connectivity index (χ4v) is 6.51. The van der Waals surface area contributed by atoms with E-state index >= 15 is 0 Å². The van der Waals surface area contributed by atoms with E-state index in [4.69, 9.17) is 16.3 Å². The number of hydrogen-bond donors (Lipinski definition) is 3. The molecule has 0 radical (unpaired) electrons. The summed E-state index contributed by atoms with van der Waals surface area (Å²) in [6.45, 7) is 0. The second kappa shape index (κ2) is 7.81. The Hall–Kier alpha value is -1.97. The van der Waals surface area contributed by atoms with E-state index in [0.717, 1.165) is 10.0 Å². The average molecular weight is 537 g/mol. The Morgan fingerprint density at radius 2 is 1.81 bits per heavy atom. The molecule has 5 rings (SSSR count). The first-order chi connectivity index (χ1) is 15.3. The summed E-state index contributed by atoms with van der Waals surface area (Å²) in [5.74, 6) is -1.58. The molecule has 2 aliphatic rings. The van der Waals surface area contributed by atoms with Gasteiger partial charge in [-0.15, -0.1) is 0 Å². The van der Waals surface area contributed by atoms with Crippen molar-refractivity contribution in [2.75, 3.05) is 5.75 Å². The molecule has 2 N–H and O–H groups in total. The molecule has 1 fully saturated rings. The van der Waals surface area contributed by atoms with Gasteiger partial charge in [-0.3, -0.25) is 4.98 Å². The zero-order valence-corrected chi connectivity index (χ0v) is 19.8. The van der Waals surface area contributed by atoms with Crippen LogP contribution in [0, 0.1) is 5.92 Å². The third kappa shape index (κ3) is 2.97. The summed E-state index contributed by atoms with van der Waals surface area (Å²) < 4.78 is 31.0. The summed E-state index contributed by atoms with van der Waals surface area (Å²) in [6, 6.07) is 18.0. The van der Waals surface area contributed by atoms with Gasteiger partial charge in [0.2, 0.25) is 0 Å². The molecule has 1 aliphatic carbocycles. The second-order valence-electron chi connectivity index (χ2n) is 8.12. The van der Waals surface area contributed by atoms with E-state index in [1.54, 1.807) is 18.2 Å². The zero-order chi connectivity index (χ0) is 22.7. The monoisotopic (exact) mass is 535 g/mol. The Labute approximate surface area is 199 Å². The molecule has 0 unspecified atom stereocenters. The predicted octanol–water partition coefficient (Wildman–Crippen LogP) is 3.36. The van der Waals surface area contributed by atoms with E-state index < -0.39 is 39.8 Å². The van der Waals surface area contributed by atoms with Gasteiger partial charge in [-0.2, -0.15) is 0 Å². The number of benzene rings is 2. The normalized spacial score (nSPS) is 30.7. The molecule has 0 spiro atoms. The summed E-state index contributed by atoms with van der Waals surface area (Å²) in [6.07, 6.45) is -0.0791. The van der Waals surface area contributed by atoms with Crippen molar-refractivity contribution in [3.05, 3.63) is 93.2 Å². The zero-order valence-electron chi connectivity index (χ0n) is 16.6. The maximum atomic E-state index is 12.2. The van der Waals surface area contributed by atoms with Crippen LogP contribution in [0.5, 0.6) is 5.75 Å². The van der Waals surface area contributed by atoms with Gasteiger partial charge in [-0.05, 0) is 23.3 Å². The highest BCUT2D eigenvalue weighted by atomic mass is 79.9. The molecule has 166 valence electrons. The van der Waals surface area contributed by atoms with Gasteiger partial charge >= 0.3 is 0 Å². The van der Waals surface area contributed by atoms with Crippen LogP contribution in [0.3, 0.4) is 0 Å². The first-order valence-corrected chi connectivity index (χ1v) is 12.5. The van der Waals surface area contributed by atoms with Gasteiger partial charge < -0.3 is 14.9 Å². The van der Waals surface area contributed by atoms with Gasteiger partial charge in [0.15, 0.2) is 11.2 Å². The molecule has 1 saturated carbocycles. The van der Waals surface area contributed by atoms with E-state index in [-0.39, 0.29) is 17.2 Å². The molecule has 0 saturated heterocycles. The highest BCUT2D eigenvalue weighted by molar-refractivity contribution is 9.10. The third-order valence-electron chi connectivity index (χ3n) is 6.51. The van der Waals surface area contributed by atoms with Crippen LogP contribution in [0.2, 0.25) is 5.02 Å². The number of ether oxygens (including phenoxy) is 1. The lowest BCUT2D eigenvalue weighted by atomic mass is 9.72. The minimum atomic E-state index is -2.84. The quantitative estimate of drug-likeness (QED) is 0.443. The number of aromatic nitrogens is 1. The number of aliphatic hydroxyl groups excluding tert-OH is 1. The van der Waals surface area contributed by atoms with Crippen molar-refractivity contribution < 1.29 is 23.4 Å². The van der Waals surface area contributed by atoms with Crippen molar-refractivity contribution in [2.24, 2.45) is 5.92 Å². The molecule has 1 aromatic heterocycles. The maximum Gasteiger partial charge on any atom is 0.181 e. The summed E-state index contributed by atoms with van der Waals surface area (Å²) in [4.78, 5) is 4.33. The fourth-order valence-electron chi connectivity index (χ4n) is 5.34. The van der Waals surface area contributed by atoms with E-state index in [2.05, 4.69) is 20.9 Å². The molecule has 32 heavy (non-hydrogen) atoms. The van der Waals surface area contributed by atoms with Gasteiger partial charge in [-0.25, -0.2) is 8.42 Å². The van der Waals surface area contributed by atoms with Gasteiger partial charge in [0, 0.05) is 28.6 Å². The number of thiol groups is 1. The number of halogens is 2. The van der Waals surface area contributed by atoms with Crippen LogP contribution >= 0.6 is 27.5 Å². The average Bonchev–Trinajstić information content (AvgIpc) is 3.12. The summed E-state index contributed by atoms with van der Waals surface area (Å²) >= 11 is 9.58. The van der Waals surface area contributed by atoms with Gasteiger partial charge in [0.05, 0.1) is 16.9 Å². The molecular formula is C23H19BrClNO5S. The predicted molar refractivity (Wildman–Crippen MR) is 123 cm³/mol. The van der Waals surface area contributed by atoms with Crippen LogP contribution in [0.25, 0.3) is 0 Å². The maximum absolute atomic E-state index is 12.2. The van der Waals surface area contributed by atoms with Crippen molar-refractivity contribution in [1.29, 1.82) is 0 Å². The highest BCUT2D eigenvalue weighted by Gasteiger charge is 2.76. The minimum Gasteiger partial charge on any atom is -0.476 e. The molecule has 2 aromatic carbocycles. The Morgan fingerprint density at radius 3 is 2.47 bits per heavy atom. The van der Waals surface area contributed by atoms with Crippen LogP contribution in [-0.2, 0) is 21.9 Å². The molecule has 3 aromatic rings. The molecule has 0 amide bonds. The minimum absolute atomic E-state index is 0.141. The van der Waals surface area contributed by atoms with Crippen molar-refractivity contribution in [2.45, 2.75) is 23.2 Å². The number of nitrogens with zero attached hydrogens (tertiary/aromatic N) is 1. The van der Waals surface area contributed by atoms with Crippen molar-refractivity contribution in [3.8, 4) is 5.75 Å². The molecule has 6 nitrogen and oxygen atoms in total. The molecule has 9 heteroatoms. The number of rotatable bonds is 4. The van der Waals surface area contributed by atoms with Gasteiger partial charge in [0.1, 0.15) is 22.1 Å². The van der Waals surface area contributed by atoms with E-state index in [9.17, 15) is 18.6 Å². The van der Waals surface area contributed by atoms with E-state index in [1.165, 1.54) is 6.20 Å². The fraction of sp³-hybridized carbons (Fsp3) is 0.261. The van der Waals surface area contributed by atoms with Crippen molar-refractivity contribution in [1.82, 2.24) is 4.98 Å². The molecular weight excluding hydrogens is 518 g/mol. The number of hydrogen-bond acceptors (Lipinski definition) is 6. The molecule has 0 bridgehead atoms. The lowest BCUT2D eigenvalue weighted by molar-refractivity contribution is -0.152. The van der Waals surface area contributed by atoms with E-state index in [1.807, 2.05) is 42.5 Å². The van der Waals surface area contributed by atoms with Crippen LogP contribution < -0.4 is 4.74 Å². The third-order valence-corrected chi connectivity index (χ3v) is 7.96. The van der Waals surface area contributed by atoms with E-state index in [0.29, 0.717) is 10.6 Å². The van der Waals surface area contributed by atoms with Gasteiger partial charge in [0.25, 0.3) is 0 Å². The second-order valence-corrected chi connectivity index (χ2v) is 10.5. The first kappa shape index (κ1) is 21.9. The molecule has 1 aliphatic heterocycles. The van der Waals surface area contributed by atoms with Crippen LogP contribution in [0.1, 0.15) is 22.7 Å². The summed E-state index contributed by atoms with van der Waals surface area (Å²) in [5, 5.41) is 24.1. The first-order valence-electron chi connectivity index (χ1n) is 9.97. The standard InChI is InChI=1S/C23H19BrClNO5S/c24-15-8-6-14(7-9-15)23-19(13-4-2-1-3-5-13)17(12-32(29)30)21(27)22(23,28)20-18(31-23)10-16(25)11-26-20/h1-11,17,19,21,27-28,32H,12H2/t17-,19-,21+,22+,23+/m1/s1. The number of pyridine rings is 1. The van der Waals surface area contributed by atoms with Crippen LogP contribution in [-0.4, -0.2) is 35.5 Å². The Kier molecular flexibility index (Phi) is 5.34. The lowest BCUT2D eigenvalue weighted by Crippen LogP contribution is -2.52. The Balaban J connectivity index is 1.85. The SMILES string of the molecule is O=[SH](=O)C[C@@H]1[C@@H](c2ccccc2)[C@]2(c3ccc(Br)cc3)Oc3cc(Cl)cnc3[C@]2(O)[C@H]1O. The van der Waals surface area contributed by atoms with Gasteiger partial charge in [-0.1, -0.05) is 70.0 Å². The lowest BCUT2D eigenvalue weighted by Gasteiger charge is -2.40. The van der Waals surface area contributed by atoms with Crippen molar-refractivity contribution in [3.63, 3.8) is 0 Å². The highest BCUT2D eigenvalue weighted by Crippen LogP contribution is 2.68. The van der Waals surface area contributed by atoms with Crippen LogP contribution in [0.15, 0.2) is 71.3 Å². The Bertz CT molecular complexity index is 1250. The summed E-state index contributed by atoms with van der Waals surface area (Å²) in [7, 11) is -2.84. The number of aliphatic hydroxyl groups is 2. The van der Waals surface area contributed by atoms with Crippen LogP contribution in [0.4, 0.5) is 0 Å². The number of fused-ring (bicyclic) bond motifs is 3. The Morgan fingerprint density at radius 1 is 1.12 bits per heavy atom. The smallest absolute Gasteiger partial charge is 0.181 e. The molecule has 5 atom stereocenters.